The molecule has 8 N–H and O–H groups in total. The van der Waals surface area contributed by atoms with E-state index in [1.54, 1.807) is 0 Å². The van der Waals surface area contributed by atoms with E-state index in [0.717, 1.165) is 10.9 Å². The fourth-order valence-corrected chi connectivity index (χ4v) is 5.88. The quantitative estimate of drug-likeness (QED) is 0.105. The number of hydrogen-bond donors (Lipinski definition) is 7. The second kappa shape index (κ2) is 13.8. The minimum atomic E-state index is -5.68. The molecule has 2 saturated heterocycles. The number of phosphoric acid groups is 2. The number of ether oxygens (including phenoxy) is 2. The van der Waals surface area contributed by atoms with E-state index in [1.807, 2.05) is 0 Å². The molecule has 4 heterocycles. The molecule has 4 rings (SSSR count). The molecule has 0 aromatic carbocycles. The van der Waals surface area contributed by atoms with Gasteiger partial charge in [0, 0.05) is 5.88 Å². The van der Waals surface area contributed by atoms with Crippen molar-refractivity contribution in [1.29, 1.82) is 0 Å². The molecular formula is C16H23N5Na2O15P2. The van der Waals surface area contributed by atoms with E-state index < -0.39 is 89.3 Å². The van der Waals surface area contributed by atoms with Gasteiger partial charge in [0.05, 0.1) is 19.0 Å². The van der Waals surface area contributed by atoms with Gasteiger partial charge in [-0.2, -0.15) is 4.98 Å². The van der Waals surface area contributed by atoms with Crippen molar-refractivity contribution < 1.29 is 132 Å². The minimum absolute atomic E-state index is 0. The van der Waals surface area contributed by atoms with Crippen molar-refractivity contribution in [2.75, 3.05) is 12.3 Å². The van der Waals surface area contributed by atoms with E-state index in [2.05, 4.69) is 28.3 Å². The van der Waals surface area contributed by atoms with Crippen molar-refractivity contribution in [3.63, 3.8) is 0 Å². The Kier molecular flexibility index (Phi) is 12.6. The van der Waals surface area contributed by atoms with Gasteiger partial charge in [-0.1, -0.05) is 0 Å². The monoisotopic (exact) mass is 633 g/mol. The number of rotatable bonds is 8. The van der Waals surface area contributed by atoms with Crippen LogP contribution in [0.25, 0.3) is 11.2 Å². The molecule has 0 aliphatic carbocycles. The first kappa shape index (κ1) is 36.3. The Morgan fingerprint density at radius 2 is 1.70 bits per heavy atom. The zero-order valence-electron chi connectivity index (χ0n) is 21.1. The van der Waals surface area contributed by atoms with Crippen molar-refractivity contribution in [2.24, 2.45) is 0 Å². The molecule has 2 unspecified atom stereocenters. The smallest absolute Gasteiger partial charge is 0.857 e. The van der Waals surface area contributed by atoms with E-state index in [0.29, 0.717) is 0 Å². The van der Waals surface area contributed by atoms with E-state index in [9.17, 15) is 49.6 Å². The molecular weight excluding hydrogens is 610 g/mol. The molecule has 0 bridgehead atoms. The Hall–Kier alpha value is 0.130. The van der Waals surface area contributed by atoms with Crippen LogP contribution >= 0.6 is 15.6 Å². The van der Waals surface area contributed by atoms with Crippen molar-refractivity contribution in [3.8, 4) is 5.88 Å². The fraction of sp³-hybridized carbons (Fsp3) is 0.688. The summed E-state index contributed by atoms with van der Waals surface area (Å²) < 4.78 is 48.7. The summed E-state index contributed by atoms with van der Waals surface area (Å²) in [6, 6.07) is 0. The van der Waals surface area contributed by atoms with Gasteiger partial charge >= 0.3 is 66.9 Å². The van der Waals surface area contributed by atoms with Crippen LogP contribution in [0.4, 0.5) is 5.95 Å². The molecule has 11 atom stereocenters. The largest absolute Gasteiger partial charge is 1.00 e. The number of nitrogens with two attached hydrogens (primary N) is 1. The summed E-state index contributed by atoms with van der Waals surface area (Å²) in [4.78, 5) is 33.0. The zero-order valence-corrected chi connectivity index (χ0v) is 26.9. The van der Waals surface area contributed by atoms with Crippen LogP contribution < -0.4 is 74.8 Å². The molecule has 20 nitrogen and oxygen atoms in total. The average Bonchev–Trinajstić information content (AvgIpc) is 3.35. The van der Waals surface area contributed by atoms with Gasteiger partial charge in [0.15, 0.2) is 18.2 Å². The minimum Gasteiger partial charge on any atom is -0.857 e. The summed E-state index contributed by atoms with van der Waals surface area (Å²) >= 11 is 0. The number of aliphatic hydroxyl groups excluding tert-OH is 5. The molecule has 0 radical (unpaired) electrons. The maximum Gasteiger partial charge on any atom is 1.00 e. The maximum absolute atomic E-state index is 12.2. The van der Waals surface area contributed by atoms with E-state index in [1.165, 1.54) is 6.92 Å². The number of aliphatic hydroxyl groups is 5. The van der Waals surface area contributed by atoms with Crippen LogP contribution in [0.5, 0.6) is 5.88 Å². The number of aromatic nitrogens is 4. The Labute approximate surface area is 268 Å². The van der Waals surface area contributed by atoms with Gasteiger partial charge in [0.1, 0.15) is 42.1 Å². The number of anilines is 1. The normalized spacial score (nSPS) is 35.4. The van der Waals surface area contributed by atoms with E-state index in [-0.39, 0.29) is 70.3 Å². The van der Waals surface area contributed by atoms with Crippen LogP contribution in [-0.2, 0) is 32.0 Å². The third kappa shape index (κ3) is 7.79. The summed E-state index contributed by atoms with van der Waals surface area (Å²) in [6.45, 7) is 0.208. The third-order valence-electron chi connectivity index (χ3n) is 5.66. The van der Waals surface area contributed by atoms with Gasteiger partial charge < -0.3 is 60.2 Å². The predicted molar refractivity (Wildman–Crippen MR) is 113 cm³/mol. The molecule has 2 aromatic heterocycles. The SMILES string of the molecule is C[C@@H]1O[C@H](OP(=O)(O)OP(=O)([O-])OC[C@H]2O[C@@H](n3cnc4c([O-])nc(N)nc43)[C@H](O)[C@@H]2O)[C@@H](O)[C@H](O)[C@@H]1O.[Na+].[Na+]. The van der Waals surface area contributed by atoms with Crippen molar-refractivity contribution in [3.05, 3.63) is 6.33 Å². The first-order valence-corrected chi connectivity index (χ1v) is 13.6. The first-order valence-electron chi connectivity index (χ1n) is 10.7. The van der Waals surface area contributed by atoms with Crippen LogP contribution in [0.15, 0.2) is 6.33 Å². The molecule has 2 aliphatic heterocycles. The van der Waals surface area contributed by atoms with Gasteiger partial charge in [-0.3, -0.25) is 13.7 Å². The van der Waals surface area contributed by atoms with Crippen LogP contribution in [0.3, 0.4) is 0 Å². The van der Waals surface area contributed by atoms with Crippen LogP contribution in [0, 0.1) is 0 Å². The Bertz CT molecular complexity index is 1280. The van der Waals surface area contributed by atoms with Gasteiger partial charge in [-0.05, 0) is 6.92 Å². The molecule has 2 aliphatic rings. The van der Waals surface area contributed by atoms with E-state index >= 15 is 0 Å². The number of phosphoric ester groups is 2. The second-order valence-electron chi connectivity index (χ2n) is 8.34. The predicted octanol–water partition coefficient (Wildman–Crippen LogP) is -10.4. The molecule has 24 heteroatoms. The van der Waals surface area contributed by atoms with E-state index in [4.69, 9.17) is 15.2 Å². The fourth-order valence-electron chi connectivity index (χ4n) is 3.76. The first-order chi connectivity index (χ1) is 17.6. The van der Waals surface area contributed by atoms with Crippen LogP contribution in [0.1, 0.15) is 13.2 Å². The van der Waals surface area contributed by atoms with Gasteiger partial charge in [0.25, 0.3) is 7.82 Å². The number of nitrogen functional groups attached to an aromatic ring is 1. The third-order valence-corrected chi connectivity index (χ3v) is 8.23. The van der Waals surface area contributed by atoms with Gasteiger partial charge in [-0.25, -0.2) is 18.8 Å². The maximum atomic E-state index is 12.2. The van der Waals surface area contributed by atoms with Crippen molar-refractivity contribution in [2.45, 2.75) is 62.2 Å². The van der Waals surface area contributed by atoms with Crippen molar-refractivity contribution in [1.82, 2.24) is 19.5 Å². The standard InChI is InChI=1S/C16H25N5O15P2.2Na/c1-4-7(22)9(24)11(26)15(33-4)35-38(30,31)36-37(28,29)32-2-5-8(23)10(25)14(34-5)21-3-18-6-12(21)19-16(17)20-13(6)27;;/h3-5,7-11,14-15,22-26H,2H2,1H3,(H,28,29)(H,30,31)(H3,17,19,20,27);;/q;2*+1/p-2/t4-,5+,7+,8+,9+,10+,11-,14+,15+;;/m0../s1. The van der Waals surface area contributed by atoms with Crippen LogP contribution in [0.2, 0.25) is 0 Å². The Morgan fingerprint density at radius 3 is 2.35 bits per heavy atom. The molecule has 0 spiro atoms. The Morgan fingerprint density at radius 1 is 1.05 bits per heavy atom. The number of nitrogens with zero attached hydrogens (tertiary/aromatic N) is 4. The molecule has 0 saturated carbocycles. The summed E-state index contributed by atoms with van der Waals surface area (Å²) in [5.74, 6) is -1.21. The average molecular weight is 633 g/mol. The number of fused-ring (bicyclic) bond motifs is 1. The van der Waals surface area contributed by atoms with Gasteiger partial charge in [0.2, 0.25) is 5.95 Å². The van der Waals surface area contributed by atoms with Crippen LogP contribution in [-0.4, -0.2) is 106 Å². The summed E-state index contributed by atoms with van der Waals surface area (Å²) in [7, 11) is -11.3. The van der Waals surface area contributed by atoms with Crippen molar-refractivity contribution >= 4 is 32.8 Å². The molecule has 2 fully saturated rings. The molecule has 0 amide bonds. The topological polar surface area (TPSA) is 317 Å². The zero-order chi connectivity index (χ0) is 28.2. The number of hydrogen-bond acceptors (Lipinski definition) is 18. The number of imidazole rings is 1. The summed E-state index contributed by atoms with van der Waals surface area (Å²) in [5.41, 5.74) is 5.10. The summed E-state index contributed by atoms with van der Waals surface area (Å²) in [6.07, 6.45) is -14.1. The van der Waals surface area contributed by atoms with Gasteiger partial charge in [-0.15, -0.1) is 0 Å². The Balaban J connectivity index is 0.00000280. The molecule has 2 aromatic rings. The molecule has 40 heavy (non-hydrogen) atoms. The molecule has 214 valence electrons. The summed E-state index contributed by atoms with van der Waals surface area (Å²) in [5, 5.41) is 61.8. The second-order valence-corrected chi connectivity index (χ2v) is 11.3.